The Labute approximate surface area is 111 Å². The van der Waals surface area contributed by atoms with Crippen molar-refractivity contribution < 1.29 is 9.90 Å². The van der Waals surface area contributed by atoms with E-state index in [1.165, 1.54) is 6.07 Å². The Kier molecular flexibility index (Phi) is 5.26. The summed E-state index contributed by atoms with van der Waals surface area (Å²) in [5.41, 5.74) is 6.56. The summed E-state index contributed by atoms with van der Waals surface area (Å²) in [5, 5.41) is 9.60. The summed E-state index contributed by atoms with van der Waals surface area (Å²) in [5.74, 6) is -1.07. The van der Waals surface area contributed by atoms with Crippen LogP contribution in [0.2, 0.25) is 0 Å². The van der Waals surface area contributed by atoms with Crippen LogP contribution in [0.5, 0.6) is 0 Å². The third kappa shape index (κ3) is 3.66. The molecule has 0 saturated heterocycles. The van der Waals surface area contributed by atoms with E-state index in [0.29, 0.717) is 11.1 Å². The van der Waals surface area contributed by atoms with Gasteiger partial charge in [-0.2, -0.15) is 0 Å². The number of H-pyrrole nitrogens is 1. The van der Waals surface area contributed by atoms with Crippen LogP contribution < -0.4 is 11.3 Å². The molecule has 0 aliphatic rings. The number of benzene rings is 1. The summed E-state index contributed by atoms with van der Waals surface area (Å²) in [6.07, 6.45) is 0.139. The van der Waals surface area contributed by atoms with Crippen LogP contribution in [0.1, 0.15) is 19.4 Å². The topological polar surface area (TPSA) is 96.2 Å². The van der Waals surface area contributed by atoms with Gasteiger partial charge in [0.1, 0.15) is 6.04 Å². The molecule has 2 aromatic rings. The SMILES string of the molecule is CC.NC(Cc1cc(=O)[nH]c2ccccc12)C(=O)O. The van der Waals surface area contributed by atoms with Crippen LogP contribution in [0, 0.1) is 0 Å². The maximum atomic E-state index is 11.4. The lowest BCUT2D eigenvalue weighted by Gasteiger charge is -2.09. The molecule has 0 bridgehead atoms. The number of fused-ring (bicyclic) bond motifs is 1. The van der Waals surface area contributed by atoms with E-state index < -0.39 is 12.0 Å². The van der Waals surface area contributed by atoms with Gasteiger partial charge in [0.2, 0.25) is 5.56 Å². The van der Waals surface area contributed by atoms with Gasteiger partial charge in [-0.1, -0.05) is 32.0 Å². The number of nitrogens with two attached hydrogens (primary N) is 1. The summed E-state index contributed by atoms with van der Waals surface area (Å²) >= 11 is 0. The highest BCUT2D eigenvalue weighted by Gasteiger charge is 2.14. The van der Waals surface area contributed by atoms with Crippen LogP contribution in [0.4, 0.5) is 0 Å². The highest BCUT2D eigenvalue weighted by atomic mass is 16.4. The Morgan fingerprint density at radius 3 is 2.63 bits per heavy atom. The van der Waals surface area contributed by atoms with Crippen molar-refractivity contribution in [2.24, 2.45) is 5.73 Å². The second-order valence-electron chi connectivity index (χ2n) is 3.85. The van der Waals surface area contributed by atoms with Crippen LogP contribution in [0.3, 0.4) is 0 Å². The number of aliphatic carboxylic acids is 1. The predicted molar refractivity (Wildman–Crippen MR) is 75.2 cm³/mol. The minimum Gasteiger partial charge on any atom is -0.480 e. The van der Waals surface area contributed by atoms with E-state index in [1.54, 1.807) is 12.1 Å². The van der Waals surface area contributed by atoms with Gasteiger partial charge >= 0.3 is 5.97 Å². The van der Waals surface area contributed by atoms with E-state index in [2.05, 4.69) is 4.98 Å². The first-order valence-corrected chi connectivity index (χ1v) is 6.17. The monoisotopic (exact) mass is 262 g/mol. The smallest absolute Gasteiger partial charge is 0.320 e. The Balaban J connectivity index is 0.000000861. The number of para-hydroxylation sites is 1. The van der Waals surface area contributed by atoms with Gasteiger partial charge in [0, 0.05) is 17.0 Å². The van der Waals surface area contributed by atoms with Crippen LogP contribution in [-0.2, 0) is 11.2 Å². The number of carboxylic acids is 1. The molecule has 1 atom stereocenters. The molecule has 1 unspecified atom stereocenters. The molecule has 0 aliphatic heterocycles. The van der Waals surface area contributed by atoms with Crippen molar-refractivity contribution >= 4 is 16.9 Å². The maximum Gasteiger partial charge on any atom is 0.320 e. The maximum absolute atomic E-state index is 11.4. The van der Waals surface area contributed by atoms with Crippen LogP contribution in [0.25, 0.3) is 10.9 Å². The number of pyridine rings is 1. The number of hydrogen-bond acceptors (Lipinski definition) is 3. The Morgan fingerprint density at radius 1 is 1.37 bits per heavy atom. The third-order valence-corrected chi connectivity index (χ3v) is 2.59. The molecule has 2 rings (SSSR count). The zero-order chi connectivity index (χ0) is 14.4. The first-order valence-electron chi connectivity index (χ1n) is 6.17. The summed E-state index contributed by atoms with van der Waals surface area (Å²) in [4.78, 5) is 24.8. The van der Waals surface area contributed by atoms with Crippen LogP contribution in [-0.4, -0.2) is 22.1 Å². The average molecular weight is 262 g/mol. The van der Waals surface area contributed by atoms with E-state index in [-0.39, 0.29) is 12.0 Å². The van der Waals surface area contributed by atoms with E-state index >= 15 is 0 Å². The molecule has 19 heavy (non-hydrogen) atoms. The summed E-state index contributed by atoms with van der Waals surface area (Å²) in [6.45, 7) is 4.00. The molecule has 4 N–H and O–H groups in total. The minimum atomic E-state index is -1.07. The average Bonchev–Trinajstić information content (AvgIpc) is 2.40. The van der Waals surface area contributed by atoms with Crippen molar-refractivity contribution in [2.45, 2.75) is 26.3 Å². The van der Waals surface area contributed by atoms with E-state index in [1.807, 2.05) is 26.0 Å². The molecule has 102 valence electrons. The fourth-order valence-corrected chi connectivity index (χ4v) is 1.77. The minimum absolute atomic E-state index is 0.139. The molecular formula is C14H18N2O3. The Morgan fingerprint density at radius 2 is 2.00 bits per heavy atom. The van der Waals surface area contributed by atoms with Gasteiger partial charge in [0.05, 0.1) is 0 Å². The van der Waals surface area contributed by atoms with Crippen LogP contribution in [0.15, 0.2) is 35.1 Å². The highest BCUT2D eigenvalue weighted by molar-refractivity contribution is 5.83. The summed E-state index contributed by atoms with van der Waals surface area (Å²) in [7, 11) is 0. The number of carbonyl (C=O) groups is 1. The van der Waals surface area contributed by atoms with Crippen molar-refractivity contribution in [1.82, 2.24) is 4.98 Å². The normalized spacial score (nSPS) is 11.5. The fraction of sp³-hybridized carbons (Fsp3) is 0.286. The highest BCUT2D eigenvalue weighted by Crippen LogP contribution is 2.15. The molecule has 1 aromatic heterocycles. The number of hydrogen-bond donors (Lipinski definition) is 3. The van der Waals surface area contributed by atoms with E-state index in [4.69, 9.17) is 10.8 Å². The molecule has 0 amide bonds. The van der Waals surface area contributed by atoms with Gasteiger partial charge in [-0.3, -0.25) is 9.59 Å². The molecule has 1 aromatic carbocycles. The number of aromatic nitrogens is 1. The molecule has 0 aliphatic carbocycles. The predicted octanol–water partition coefficient (Wildman–Crippen LogP) is 1.51. The third-order valence-electron chi connectivity index (χ3n) is 2.59. The summed E-state index contributed by atoms with van der Waals surface area (Å²) < 4.78 is 0. The van der Waals surface area contributed by atoms with Gasteiger partial charge < -0.3 is 15.8 Å². The molecule has 1 heterocycles. The van der Waals surface area contributed by atoms with Crippen molar-refractivity contribution in [3.63, 3.8) is 0 Å². The van der Waals surface area contributed by atoms with Crippen molar-refractivity contribution in [2.75, 3.05) is 0 Å². The number of carboxylic acid groups (broad SMARTS) is 1. The lowest BCUT2D eigenvalue weighted by atomic mass is 10.0. The van der Waals surface area contributed by atoms with Gasteiger partial charge in [-0.05, 0) is 18.1 Å². The molecule has 0 fully saturated rings. The van der Waals surface area contributed by atoms with Crippen LogP contribution >= 0.6 is 0 Å². The summed E-state index contributed by atoms with van der Waals surface area (Å²) in [6, 6.07) is 7.63. The first kappa shape index (κ1) is 14.9. The molecule has 0 spiro atoms. The number of nitrogens with one attached hydrogen (secondary N) is 1. The van der Waals surface area contributed by atoms with Gasteiger partial charge in [-0.15, -0.1) is 0 Å². The van der Waals surface area contributed by atoms with E-state index in [0.717, 1.165) is 5.39 Å². The zero-order valence-electron chi connectivity index (χ0n) is 11.0. The van der Waals surface area contributed by atoms with Gasteiger partial charge in [0.25, 0.3) is 0 Å². The second-order valence-corrected chi connectivity index (χ2v) is 3.85. The molecular weight excluding hydrogens is 244 g/mol. The Bertz CT molecular complexity index is 619. The lowest BCUT2D eigenvalue weighted by Crippen LogP contribution is -2.32. The largest absolute Gasteiger partial charge is 0.480 e. The standard InChI is InChI=1S/C12H12N2O3.C2H6/c13-9(12(16)17)5-7-6-11(15)14-10-4-2-1-3-8(7)10;1-2/h1-4,6,9H,5,13H2,(H,14,15)(H,16,17);1-2H3. The number of rotatable bonds is 3. The molecule has 5 nitrogen and oxygen atoms in total. The molecule has 5 heteroatoms. The molecule has 0 saturated carbocycles. The lowest BCUT2D eigenvalue weighted by molar-refractivity contribution is -0.138. The van der Waals surface area contributed by atoms with Gasteiger partial charge in [0.15, 0.2) is 0 Å². The first-order chi connectivity index (χ1) is 9.08. The van der Waals surface area contributed by atoms with Crippen molar-refractivity contribution in [3.8, 4) is 0 Å². The zero-order valence-corrected chi connectivity index (χ0v) is 11.0. The fourth-order valence-electron chi connectivity index (χ4n) is 1.77. The van der Waals surface area contributed by atoms with E-state index in [9.17, 15) is 9.59 Å². The quantitative estimate of drug-likeness (QED) is 0.781. The van der Waals surface area contributed by atoms with Crippen molar-refractivity contribution in [3.05, 3.63) is 46.2 Å². The Hall–Kier alpha value is -2.14. The van der Waals surface area contributed by atoms with Crippen molar-refractivity contribution in [1.29, 1.82) is 0 Å². The number of aromatic amines is 1. The molecule has 0 radical (unpaired) electrons. The second kappa shape index (κ2) is 6.70. The van der Waals surface area contributed by atoms with Gasteiger partial charge in [-0.25, -0.2) is 0 Å².